The third-order valence-corrected chi connectivity index (χ3v) is 3.57. The lowest BCUT2D eigenvalue weighted by Gasteiger charge is -2.15. The Morgan fingerprint density at radius 2 is 1.84 bits per heavy atom. The average Bonchev–Trinajstić information content (AvgIpc) is 2.82. The van der Waals surface area contributed by atoms with E-state index in [0.717, 1.165) is 6.42 Å². The monoisotopic (exact) mass is 267 g/mol. The summed E-state index contributed by atoms with van der Waals surface area (Å²) in [5.74, 6) is 0. The molecule has 1 aliphatic rings. The third-order valence-electron chi connectivity index (χ3n) is 3.57. The smallest absolute Gasteiger partial charge is 0.312 e. The van der Waals surface area contributed by atoms with Crippen LogP contribution in [0.5, 0.6) is 0 Å². The molecule has 0 aliphatic carbocycles. The first kappa shape index (κ1) is 12.3. The van der Waals surface area contributed by atoms with Crippen LogP contribution < -0.4 is 5.56 Å². The van der Waals surface area contributed by atoms with Gasteiger partial charge in [0.15, 0.2) is 0 Å². The Morgan fingerprint density at radius 3 is 2.53 bits per heavy atom. The zero-order chi connectivity index (χ0) is 13.6. The number of alkyl halides is 3. The summed E-state index contributed by atoms with van der Waals surface area (Å²) in [6.45, 7) is 0.518. The van der Waals surface area contributed by atoms with Gasteiger partial charge in [-0.1, -0.05) is 18.2 Å². The SMILES string of the molecule is O=c1c2ccccc2c(CC(F)(F)F)c2n1CCC2. The van der Waals surface area contributed by atoms with Gasteiger partial charge in [-0.2, -0.15) is 13.2 Å². The van der Waals surface area contributed by atoms with E-state index >= 15 is 0 Å². The molecule has 5 heteroatoms. The Kier molecular flexibility index (Phi) is 2.66. The van der Waals surface area contributed by atoms with Crippen LogP contribution in [0.1, 0.15) is 17.7 Å². The molecule has 1 aliphatic heterocycles. The summed E-state index contributed by atoms with van der Waals surface area (Å²) in [7, 11) is 0. The van der Waals surface area contributed by atoms with Crippen molar-refractivity contribution < 1.29 is 13.2 Å². The van der Waals surface area contributed by atoms with Gasteiger partial charge in [-0.15, -0.1) is 0 Å². The van der Waals surface area contributed by atoms with Gasteiger partial charge in [0, 0.05) is 17.6 Å². The molecule has 0 amide bonds. The standard InChI is InChI=1S/C14H12F3NO/c15-14(16,17)8-11-9-4-1-2-5-10(9)13(19)18-7-3-6-12(11)18/h1-2,4-5H,3,6-8H2. The van der Waals surface area contributed by atoms with Crippen LogP contribution >= 0.6 is 0 Å². The number of hydrogen-bond donors (Lipinski definition) is 0. The van der Waals surface area contributed by atoms with E-state index in [2.05, 4.69) is 0 Å². The van der Waals surface area contributed by atoms with Gasteiger partial charge in [0.2, 0.25) is 0 Å². The number of aromatic nitrogens is 1. The highest BCUT2D eigenvalue weighted by Gasteiger charge is 2.32. The molecule has 0 atom stereocenters. The number of halogens is 3. The predicted molar refractivity (Wildman–Crippen MR) is 66.3 cm³/mol. The minimum Gasteiger partial charge on any atom is -0.312 e. The number of nitrogens with zero attached hydrogens (tertiary/aromatic N) is 1. The number of hydrogen-bond acceptors (Lipinski definition) is 1. The number of fused-ring (bicyclic) bond motifs is 2. The predicted octanol–water partition coefficient (Wildman–Crippen LogP) is 3.05. The van der Waals surface area contributed by atoms with Crippen LogP contribution in [0.3, 0.4) is 0 Å². The van der Waals surface area contributed by atoms with E-state index in [9.17, 15) is 18.0 Å². The fraction of sp³-hybridized carbons (Fsp3) is 0.357. The Balaban J connectivity index is 2.36. The molecule has 0 unspecified atom stereocenters. The summed E-state index contributed by atoms with van der Waals surface area (Å²) in [6.07, 6.45) is -3.95. The van der Waals surface area contributed by atoms with Crippen molar-refractivity contribution in [2.75, 3.05) is 0 Å². The summed E-state index contributed by atoms with van der Waals surface area (Å²) in [5.41, 5.74) is 0.648. The van der Waals surface area contributed by atoms with Crippen LogP contribution in [0, 0.1) is 0 Å². The Labute approximate surface area is 107 Å². The second-order valence-corrected chi connectivity index (χ2v) is 4.82. The maximum absolute atomic E-state index is 12.8. The molecule has 3 rings (SSSR count). The zero-order valence-corrected chi connectivity index (χ0v) is 10.1. The van der Waals surface area contributed by atoms with Crippen LogP contribution in [-0.4, -0.2) is 10.7 Å². The van der Waals surface area contributed by atoms with Crippen molar-refractivity contribution in [2.45, 2.75) is 32.0 Å². The van der Waals surface area contributed by atoms with Crippen LogP contribution in [0.2, 0.25) is 0 Å². The van der Waals surface area contributed by atoms with E-state index in [1.54, 1.807) is 24.3 Å². The molecule has 2 heterocycles. The highest BCUT2D eigenvalue weighted by atomic mass is 19.4. The molecule has 19 heavy (non-hydrogen) atoms. The Bertz CT molecular complexity index is 700. The largest absolute Gasteiger partial charge is 0.393 e. The summed E-state index contributed by atoms with van der Waals surface area (Å²) in [5, 5.41) is 0.824. The molecule has 0 spiro atoms. The van der Waals surface area contributed by atoms with Crippen molar-refractivity contribution in [3.05, 3.63) is 45.9 Å². The van der Waals surface area contributed by atoms with Crippen molar-refractivity contribution in [1.29, 1.82) is 0 Å². The van der Waals surface area contributed by atoms with Crippen LogP contribution in [0.25, 0.3) is 10.8 Å². The lowest BCUT2D eigenvalue weighted by molar-refractivity contribution is -0.127. The highest BCUT2D eigenvalue weighted by molar-refractivity contribution is 5.85. The quantitative estimate of drug-likeness (QED) is 0.778. The van der Waals surface area contributed by atoms with Crippen molar-refractivity contribution in [3.8, 4) is 0 Å². The molecule has 100 valence electrons. The lowest BCUT2D eigenvalue weighted by atomic mass is 10.00. The van der Waals surface area contributed by atoms with Crippen molar-refractivity contribution in [3.63, 3.8) is 0 Å². The molecule has 0 saturated carbocycles. The average molecular weight is 267 g/mol. The van der Waals surface area contributed by atoms with Crippen LogP contribution in [0.15, 0.2) is 29.1 Å². The van der Waals surface area contributed by atoms with Gasteiger partial charge < -0.3 is 4.57 Å². The molecule has 0 bridgehead atoms. The van der Waals surface area contributed by atoms with Gasteiger partial charge in [0.05, 0.1) is 6.42 Å². The van der Waals surface area contributed by atoms with E-state index in [1.807, 2.05) is 0 Å². The van der Waals surface area contributed by atoms with Crippen LogP contribution in [0.4, 0.5) is 13.2 Å². The van der Waals surface area contributed by atoms with Gasteiger partial charge in [-0.3, -0.25) is 4.79 Å². The summed E-state index contributed by atoms with van der Waals surface area (Å²) in [6, 6.07) is 6.57. The first-order valence-electron chi connectivity index (χ1n) is 6.17. The summed E-state index contributed by atoms with van der Waals surface area (Å²) >= 11 is 0. The Hall–Kier alpha value is -1.78. The molecule has 1 aromatic carbocycles. The number of benzene rings is 1. The molecule has 2 nitrogen and oxygen atoms in total. The molecule has 0 saturated heterocycles. The molecule has 0 radical (unpaired) electrons. The Morgan fingerprint density at radius 1 is 1.16 bits per heavy atom. The topological polar surface area (TPSA) is 22.0 Å². The first-order chi connectivity index (χ1) is 8.97. The van der Waals surface area contributed by atoms with E-state index < -0.39 is 12.6 Å². The normalized spacial score (nSPS) is 14.9. The maximum atomic E-state index is 12.8. The van der Waals surface area contributed by atoms with Crippen molar-refractivity contribution >= 4 is 10.8 Å². The number of pyridine rings is 1. The van der Waals surface area contributed by atoms with E-state index in [-0.39, 0.29) is 11.1 Å². The molecule has 0 N–H and O–H groups in total. The van der Waals surface area contributed by atoms with E-state index in [4.69, 9.17) is 0 Å². The van der Waals surface area contributed by atoms with Crippen LogP contribution in [-0.2, 0) is 19.4 Å². The lowest BCUT2D eigenvalue weighted by Crippen LogP contribution is -2.23. The summed E-state index contributed by atoms with van der Waals surface area (Å²) in [4.78, 5) is 12.2. The molecule has 2 aromatic rings. The molecule has 0 fully saturated rings. The maximum Gasteiger partial charge on any atom is 0.393 e. The van der Waals surface area contributed by atoms with Gasteiger partial charge in [-0.25, -0.2) is 0 Å². The molecular formula is C14H12F3NO. The van der Waals surface area contributed by atoms with Crippen molar-refractivity contribution in [1.82, 2.24) is 4.57 Å². The van der Waals surface area contributed by atoms with Crippen molar-refractivity contribution in [2.24, 2.45) is 0 Å². The highest BCUT2D eigenvalue weighted by Crippen LogP contribution is 2.30. The zero-order valence-electron chi connectivity index (χ0n) is 10.1. The first-order valence-corrected chi connectivity index (χ1v) is 6.17. The number of rotatable bonds is 1. The molecular weight excluding hydrogens is 255 g/mol. The fourth-order valence-corrected chi connectivity index (χ4v) is 2.84. The second-order valence-electron chi connectivity index (χ2n) is 4.82. The van der Waals surface area contributed by atoms with E-state index in [0.29, 0.717) is 29.4 Å². The third kappa shape index (κ3) is 2.03. The van der Waals surface area contributed by atoms with Gasteiger partial charge >= 0.3 is 6.18 Å². The van der Waals surface area contributed by atoms with Gasteiger partial charge in [0.25, 0.3) is 5.56 Å². The second kappa shape index (κ2) is 4.11. The van der Waals surface area contributed by atoms with E-state index in [1.165, 1.54) is 4.57 Å². The summed E-state index contributed by atoms with van der Waals surface area (Å²) < 4.78 is 39.8. The minimum atomic E-state index is -4.26. The fourth-order valence-electron chi connectivity index (χ4n) is 2.84. The molecule has 1 aromatic heterocycles. The van der Waals surface area contributed by atoms with Gasteiger partial charge in [0.1, 0.15) is 0 Å². The minimum absolute atomic E-state index is 0.172. The van der Waals surface area contributed by atoms with Gasteiger partial charge in [-0.05, 0) is 29.9 Å².